The van der Waals surface area contributed by atoms with E-state index in [4.69, 9.17) is 5.41 Å². The molecule has 2 aromatic carbocycles. The molecule has 0 amide bonds. The fourth-order valence-corrected chi connectivity index (χ4v) is 6.24. The van der Waals surface area contributed by atoms with Crippen molar-refractivity contribution in [3.63, 3.8) is 0 Å². The zero-order chi connectivity index (χ0) is 23.1. The minimum absolute atomic E-state index is 0.0567. The average molecular weight is 473 g/mol. The smallest absolute Gasteiger partial charge is 0.186 e. The molecular weight excluding hydrogens is 448 g/mol. The zero-order valence-corrected chi connectivity index (χ0v) is 20.4. The predicted molar refractivity (Wildman–Crippen MR) is 137 cm³/mol. The van der Waals surface area contributed by atoms with Gasteiger partial charge in [0.2, 0.25) is 0 Å². The number of rotatable bonds is 5. The Morgan fingerprint density at radius 2 is 1.94 bits per heavy atom. The van der Waals surface area contributed by atoms with Crippen LogP contribution in [0.5, 0.6) is 0 Å². The van der Waals surface area contributed by atoms with Gasteiger partial charge in [-0.15, -0.1) is 21.5 Å². The van der Waals surface area contributed by atoms with Gasteiger partial charge in [0.1, 0.15) is 15.9 Å². The molecule has 33 heavy (non-hydrogen) atoms. The Labute approximate surface area is 201 Å². The third-order valence-corrected chi connectivity index (χ3v) is 8.12. The maximum atomic E-state index is 13.3. The maximum absolute atomic E-state index is 13.3. The second-order valence-electron chi connectivity index (χ2n) is 8.25. The molecule has 0 spiro atoms. The van der Waals surface area contributed by atoms with Crippen LogP contribution in [0.15, 0.2) is 53.4 Å². The van der Waals surface area contributed by atoms with Gasteiger partial charge in [-0.2, -0.15) is 0 Å². The molecule has 3 heterocycles. The Hall–Kier alpha value is -3.03. The standard InChI is InChI=1S/C26H24N4OS2/c1-4-22-28-29-26(33-22)23-24(31)21(32-25(23)27)13-19-16(3)30(20-11-6-5-10-18(19)20)14-17-9-7-8-15(2)12-17/h5-13,23,27H,4,14H2,1-3H3/b21-13-,27-25?/t23-/m0/s1. The number of carbonyl (C=O) groups is 1. The molecule has 0 aliphatic carbocycles. The van der Waals surface area contributed by atoms with Crippen molar-refractivity contribution in [2.45, 2.75) is 39.7 Å². The van der Waals surface area contributed by atoms with Crippen LogP contribution < -0.4 is 0 Å². The number of aryl methyl sites for hydroxylation is 2. The van der Waals surface area contributed by atoms with Crippen LogP contribution in [0.1, 0.15) is 45.2 Å². The van der Waals surface area contributed by atoms with E-state index in [2.05, 4.69) is 65.0 Å². The van der Waals surface area contributed by atoms with Gasteiger partial charge in [-0.1, -0.05) is 66.7 Å². The molecule has 1 atom stereocenters. The van der Waals surface area contributed by atoms with Crippen molar-refractivity contribution in [2.24, 2.45) is 0 Å². The first kappa shape index (κ1) is 21.8. The lowest BCUT2D eigenvalue weighted by Crippen LogP contribution is -2.11. The number of allylic oxidation sites excluding steroid dienone is 1. The van der Waals surface area contributed by atoms with E-state index in [1.165, 1.54) is 34.2 Å². The number of hydrogen-bond acceptors (Lipinski definition) is 6. The van der Waals surface area contributed by atoms with E-state index in [0.717, 1.165) is 40.1 Å². The third-order valence-electron chi connectivity index (χ3n) is 6.00. The van der Waals surface area contributed by atoms with Gasteiger partial charge in [0, 0.05) is 28.7 Å². The Bertz CT molecular complexity index is 1430. The molecule has 0 bridgehead atoms. The minimum Gasteiger partial charge on any atom is -0.340 e. The number of nitrogens with zero attached hydrogens (tertiary/aromatic N) is 3. The molecule has 0 unspecified atom stereocenters. The number of ketones is 1. The summed E-state index contributed by atoms with van der Waals surface area (Å²) < 4.78 is 2.31. The summed E-state index contributed by atoms with van der Waals surface area (Å²) in [5.41, 5.74) is 5.77. The number of Topliss-reactive ketones (excluding diaryl/α,β-unsaturated/α-hetero) is 1. The van der Waals surface area contributed by atoms with E-state index in [-0.39, 0.29) is 5.78 Å². The minimum atomic E-state index is -0.625. The maximum Gasteiger partial charge on any atom is 0.186 e. The summed E-state index contributed by atoms with van der Waals surface area (Å²) in [6.45, 7) is 6.99. The summed E-state index contributed by atoms with van der Waals surface area (Å²) >= 11 is 2.67. The normalized spacial score (nSPS) is 17.5. The molecule has 7 heteroatoms. The molecule has 1 N–H and O–H groups in total. The van der Waals surface area contributed by atoms with E-state index in [1.807, 2.05) is 25.1 Å². The predicted octanol–water partition coefficient (Wildman–Crippen LogP) is 6.14. The second kappa shape index (κ2) is 8.72. The number of nitrogens with one attached hydrogen (secondary N) is 1. The van der Waals surface area contributed by atoms with Crippen LogP contribution in [0.25, 0.3) is 17.0 Å². The first-order valence-corrected chi connectivity index (χ1v) is 12.6. The van der Waals surface area contributed by atoms with Crippen molar-refractivity contribution in [1.29, 1.82) is 5.41 Å². The molecule has 0 saturated carbocycles. The van der Waals surface area contributed by atoms with Crippen molar-refractivity contribution in [1.82, 2.24) is 14.8 Å². The lowest BCUT2D eigenvalue weighted by Gasteiger charge is -2.09. The molecule has 5 rings (SSSR count). The highest BCUT2D eigenvalue weighted by atomic mass is 32.2. The Balaban J connectivity index is 1.56. The van der Waals surface area contributed by atoms with Crippen molar-refractivity contribution >= 4 is 50.9 Å². The van der Waals surface area contributed by atoms with E-state index >= 15 is 0 Å². The molecule has 5 nitrogen and oxygen atoms in total. The zero-order valence-electron chi connectivity index (χ0n) is 18.8. The van der Waals surface area contributed by atoms with Crippen molar-refractivity contribution in [3.05, 3.63) is 85.8 Å². The fraction of sp³-hybridized carbons (Fsp3) is 0.231. The largest absolute Gasteiger partial charge is 0.340 e. The Morgan fingerprint density at radius 3 is 2.70 bits per heavy atom. The molecule has 2 aromatic heterocycles. The van der Waals surface area contributed by atoms with Crippen LogP contribution in [0.2, 0.25) is 0 Å². The van der Waals surface area contributed by atoms with E-state index < -0.39 is 5.92 Å². The number of hydrogen-bond donors (Lipinski definition) is 1. The third kappa shape index (κ3) is 3.96. The highest BCUT2D eigenvalue weighted by Crippen LogP contribution is 2.42. The molecule has 1 aliphatic rings. The first-order chi connectivity index (χ1) is 16.0. The molecule has 1 fully saturated rings. The summed E-state index contributed by atoms with van der Waals surface area (Å²) in [6.07, 6.45) is 2.75. The lowest BCUT2D eigenvalue weighted by molar-refractivity contribution is -0.114. The van der Waals surface area contributed by atoms with Crippen molar-refractivity contribution < 1.29 is 4.79 Å². The van der Waals surface area contributed by atoms with Crippen LogP contribution >= 0.6 is 23.1 Å². The van der Waals surface area contributed by atoms with Gasteiger partial charge >= 0.3 is 0 Å². The fourth-order valence-electron chi connectivity index (χ4n) is 4.31. The molecule has 1 saturated heterocycles. The first-order valence-electron chi connectivity index (χ1n) is 10.9. The summed E-state index contributed by atoms with van der Waals surface area (Å²) in [7, 11) is 0. The monoisotopic (exact) mass is 472 g/mol. The molecule has 166 valence electrons. The number of aromatic nitrogens is 3. The summed E-state index contributed by atoms with van der Waals surface area (Å²) in [5, 5.41) is 19.8. The Morgan fingerprint density at radius 1 is 1.12 bits per heavy atom. The number of fused-ring (bicyclic) bond motifs is 1. The number of carbonyl (C=O) groups excluding carboxylic acids is 1. The van der Waals surface area contributed by atoms with Gasteiger partial charge in [-0.05, 0) is 38.0 Å². The van der Waals surface area contributed by atoms with Gasteiger partial charge in [0.05, 0.1) is 9.95 Å². The van der Waals surface area contributed by atoms with Gasteiger partial charge in [-0.25, -0.2) is 0 Å². The van der Waals surface area contributed by atoms with E-state index in [0.29, 0.717) is 15.0 Å². The number of benzene rings is 2. The molecule has 4 aromatic rings. The van der Waals surface area contributed by atoms with Crippen LogP contribution in [0.4, 0.5) is 0 Å². The van der Waals surface area contributed by atoms with Crippen LogP contribution in [0.3, 0.4) is 0 Å². The van der Waals surface area contributed by atoms with Gasteiger partial charge in [-0.3, -0.25) is 10.2 Å². The van der Waals surface area contributed by atoms with Crippen LogP contribution in [-0.4, -0.2) is 25.6 Å². The molecule has 1 aliphatic heterocycles. The molecular formula is C26H24N4OS2. The summed E-state index contributed by atoms with van der Waals surface area (Å²) in [4.78, 5) is 13.9. The highest BCUT2D eigenvalue weighted by Gasteiger charge is 2.39. The van der Waals surface area contributed by atoms with E-state index in [9.17, 15) is 4.79 Å². The van der Waals surface area contributed by atoms with Crippen molar-refractivity contribution in [2.75, 3.05) is 0 Å². The van der Waals surface area contributed by atoms with Crippen LogP contribution in [-0.2, 0) is 17.8 Å². The molecule has 0 radical (unpaired) electrons. The quantitative estimate of drug-likeness (QED) is 0.354. The number of para-hydroxylation sites is 1. The topological polar surface area (TPSA) is 71.6 Å². The van der Waals surface area contributed by atoms with Gasteiger partial charge < -0.3 is 4.57 Å². The number of thioether (sulfide) groups is 1. The Kier molecular flexibility index (Phi) is 5.76. The SMILES string of the molecule is CCc1nnc([C@@H]2C(=N)S/C(=C\c3c(C)n(Cc4cccc(C)c4)c4ccccc34)C2=O)s1. The highest BCUT2D eigenvalue weighted by molar-refractivity contribution is 8.19. The summed E-state index contributed by atoms with van der Waals surface area (Å²) in [6, 6.07) is 16.9. The van der Waals surface area contributed by atoms with Crippen molar-refractivity contribution in [3.8, 4) is 0 Å². The van der Waals surface area contributed by atoms with E-state index in [1.54, 1.807) is 0 Å². The average Bonchev–Trinajstić information content (AvgIpc) is 3.45. The summed E-state index contributed by atoms with van der Waals surface area (Å²) in [5.74, 6) is -0.682. The van der Waals surface area contributed by atoms with Gasteiger partial charge in [0.25, 0.3) is 0 Å². The lowest BCUT2D eigenvalue weighted by atomic mass is 10.0. The van der Waals surface area contributed by atoms with Crippen LogP contribution in [0, 0.1) is 19.3 Å². The second-order valence-corrected chi connectivity index (χ2v) is 10.4. The van der Waals surface area contributed by atoms with Gasteiger partial charge in [0.15, 0.2) is 5.78 Å².